The van der Waals surface area contributed by atoms with Crippen molar-refractivity contribution in [1.82, 2.24) is 4.90 Å². The zero-order valence-electron chi connectivity index (χ0n) is 18.1. The average molecular weight is 418 g/mol. The van der Waals surface area contributed by atoms with E-state index in [1.54, 1.807) is 0 Å². The van der Waals surface area contributed by atoms with Gasteiger partial charge in [-0.05, 0) is 38.6 Å². The number of carbonyl (C=O) groups excluding carboxylic acids is 2. The fourth-order valence-corrected chi connectivity index (χ4v) is 3.16. The van der Waals surface area contributed by atoms with Gasteiger partial charge >= 0.3 is 11.9 Å². The highest BCUT2D eigenvalue weighted by Crippen LogP contribution is 2.19. The monoisotopic (exact) mass is 417 g/mol. The van der Waals surface area contributed by atoms with Crippen molar-refractivity contribution in [3.63, 3.8) is 0 Å². The van der Waals surface area contributed by atoms with E-state index in [2.05, 4.69) is 18.7 Å². The lowest BCUT2D eigenvalue weighted by Gasteiger charge is -2.16. The molecule has 1 fully saturated rings. The summed E-state index contributed by atoms with van der Waals surface area (Å²) in [6.45, 7) is 6.20. The van der Waals surface area contributed by atoms with E-state index in [-0.39, 0.29) is 6.61 Å². The number of hydrogen-bond acceptors (Lipinski definition) is 8. The number of unbranched alkanes of at least 4 members (excludes halogenated alkanes) is 6. The van der Waals surface area contributed by atoms with Crippen LogP contribution in [-0.2, 0) is 29.1 Å². The molecule has 1 rings (SSSR count). The standard InChI is InChI=1S/C21H39NO7/c1-3-5-8-12-20(24)28-26-18-16-22(14-10-7-11-15-23)17-19(18)27-29-21(25)13-9-6-4-2/h18-19,23H,3-17H2,1-2H3/t18-,19+. The predicted molar refractivity (Wildman–Crippen MR) is 108 cm³/mol. The lowest BCUT2D eigenvalue weighted by Crippen LogP contribution is -2.31. The molecule has 0 unspecified atom stereocenters. The van der Waals surface area contributed by atoms with Crippen molar-refractivity contribution in [2.45, 2.75) is 96.7 Å². The van der Waals surface area contributed by atoms with Gasteiger partial charge in [-0.3, -0.25) is 14.7 Å². The third-order valence-electron chi connectivity index (χ3n) is 4.92. The normalized spacial score (nSPS) is 19.4. The minimum absolute atomic E-state index is 0.194. The second-order valence-electron chi connectivity index (χ2n) is 7.64. The van der Waals surface area contributed by atoms with Crippen LogP contribution in [0.3, 0.4) is 0 Å². The molecule has 1 N–H and O–H groups in total. The Bertz CT molecular complexity index is 413. The molecule has 170 valence electrons. The molecule has 1 aliphatic rings. The van der Waals surface area contributed by atoms with Crippen LogP contribution >= 0.6 is 0 Å². The smallest absolute Gasteiger partial charge is 0.342 e. The van der Waals surface area contributed by atoms with Gasteiger partial charge < -0.3 is 5.11 Å². The van der Waals surface area contributed by atoms with Gasteiger partial charge in [0.15, 0.2) is 0 Å². The minimum atomic E-state index is -0.508. The van der Waals surface area contributed by atoms with Crippen LogP contribution in [0, 0.1) is 0 Å². The van der Waals surface area contributed by atoms with Crippen molar-refractivity contribution in [3.05, 3.63) is 0 Å². The highest BCUT2D eigenvalue weighted by atomic mass is 17.2. The molecule has 1 heterocycles. The van der Waals surface area contributed by atoms with Crippen molar-refractivity contribution in [2.24, 2.45) is 0 Å². The Morgan fingerprint density at radius 3 is 1.76 bits per heavy atom. The van der Waals surface area contributed by atoms with Gasteiger partial charge in [-0.2, -0.15) is 9.78 Å². The Kier molecular flexibility index (Phi) is 14.7. The Morgan fingerprint density at radius 1 is 0.793 bits per heavy atom. The molecule has 0 saturated carbocycles. The van der Waals surface area contributed by atoms with E-state index in [4.69, 9.17) is 24.7 Å². The zero-order chi connectivity index (χ0) is 21.3. The molecule has 0 amide bonds. The molecule has 0 aromatic heterocycles. The van der Waals surface area contributed by atoms with Crippen molar-refractivity contribution >= 4 is 11.9 Å². The van der Waals surface area contributed by atoms with Gasteiger partial charge in [0.05, 0.1) is 0 Å². The molecule has 1 saturated heterocycles. The summed E-state index contributed by atoms with van der Waals surface area (Å²) in [6, 6.07) is 0. The largest absolute Gasteiger partial charge is 0.396 e. The third-order valence-corrected chi connectivity index (χ3v) is 4.92. The van der Waals surface area contributed by atoms with E-state index in [1.807, 2.05) is 0 Å². The highest BCUT2D eigenvalue weighted by Gasteiger charge is 2.38. The van der Waals surface area contributed by atoms with Crippen LogP contribution in [0.4, 0.5) is 0 Å². The molecule has 0 aliphatic carbocycles. The van der Waals surface area contributed by atoms with Crippen LogP contribution in [0.15, 0.2) is 0 Å². The van der Waals surface area contributed by atoms with Crippen LogP contribution in [0.1, 0.15) is 84.5 Å². The van der Waals surface area contributed by atoms with Gasteiger partial charge in [-0.15, -0.1) is 0 Å². The lowest BCUT2D eigenvalue weighted by molar-refractivity contribution is -0.350. The highest BCUT2D eigenvalue weighted by molar-refractivity contribution is 5.68. The van der Waals surface area contributed by atoms with Crippen LogP contribution in [0.2, 0.25) is 0 Å². The first-order valence-corrected chi connectivity index (χ1v) is 11.2. The van der Waals surface area contributed by atoms with E-state index in [0.717, 1.165) is 64.3 Å². The molecule has 0 spiro atoms. The van der Waals surface area contributed by atoms with E-state index in [9.17, 15) is 9.59 Å². The molecule has 0 aromatic rings. The number of nitrogens with zero attached hydrogens (tertiary/aromatic N) is 1. The molecular weight excluding hydrogens is 378 g/mol. The van der Waals surface area contributed by atoms with Gasteiger partial charge in [-0.25, -0.2) is 9.59 Å². The first-order valence-electron chi connectivity index (χ1n) is 11.2. The molecule has 8 nitrogen and oxygen atoms in total. The van der Waals surface area contributed by atoms with Crippen LogP contribution < -0.4 is 0 Å². The van der Waals surface area contributed by atoms with Crippen LogP contribution in [0.5, 0.6) is 0 Å². The molecule has 1 aliphatic heterocycles. The molecule has 0 aromatic carbocycles. The number of hydrogen-bond donors (Lipinski definition) is 1. The fraction of sp³-hybridized carbons (Fsp3) is 0.905. The number of carbonyl (C=O) groups is 2. The second-order valence-corrected chi connectivity index (χ2v) is 7.64. The summed E-state index contributed by atoms with van der Waals surface area (Å²) >= 11 is 0. The predicted octanol–water partition coefficient (Wildman–Crippen LogP) is 3.31. The van der Waals surface area contributed by atoms with Crippen LogP contribution in [0.25, 0.3) is 0 Å². The molecule has 0 bridgehead atoms. The number of aliphatic hydroxyl groups excluding tert-OH is 1. The quantitative estimate of drug-likeness (QED) is 0.219. The zero-order valence-corrected chi connectivity index (χ0v) is 18.1. The Morgan fingerprint density at radius 2 is 1.31 bits per heavy atom. The number of aliphatic hydroxyl groups is 1. The summed E-state index contributed by atoms with van der Waals surface area (Å²) < 4.78 is 0. The summed E-state index contributed by atoms with van der Waals surface area (Å²) in [7, 11) is 0. The van der Waals surface area contributed by atoms with Crippen molar-refractivity contribution in [3.8, 4) is 0 Å². The Labute approximate surface area is 174 Å². The van der Waals surface area contributed by atoms with E-state index in [1.165, 1.54) is 0 Å². The molecule has 2 atom stereocenters. The maximum absolute atomic E-state index is 11.8. The van der Waals surface area contributed by atoms with Crippen LogP contribution in [-0.4, -0.2) is 60.4 Å². The molecule has 0 radical (unpaired) electrons. The van der Waals surface area contributed by atoms with E-state index in [0.29, 0.717) is 25.9 Å². The minimum Gasteiger partial charge on any atom is -0.396 e. The summed E-state index contributed by atoms with van der Waals surface area (Å²) in [5.74, 6) is -0.787. The topological polar surface area (TPSA) is 94.5 Å². The van der Waals surface area contributed by atoms with E-state index < -0.39 is 24.1 Å². The maximum Gasteiger partial charge on any atom is 0.342 e. The first kappa shape index (κ1) is 25.8. The number of rotatable bonds is 17. The molecule has 29 heavy (non-hydrogen) atoms. The van der Waals surface area contributed by atoms with Gasteiger partial charge in [0.2, 0.25) is 0 Å². The fourth-order valence-electron chi connectivity index (χ4n) is 3.16. The number of likely N-dealkylation sites (tertiary alicyclic amines) is 1. The first-order chi connectivity index (χ1) is 14.1. The molecule has 8 heteroatoms. The maximum atomic E-state index is 11.8. The average Bonchev–Trinajstić information content (AvgIpc) is 3.10. The summed E-state index contributed by atoms with van der Waals surface area (Å²) in [6.07, 6.45) is 7.83. The lowest BCUT2D eigenvalue weighted by atomic mass is 10.2. The summed E-state index contributed by atoms with van der Waals surface area (Å²) in [5, 5.41) is 8.89. The van der Waals surface area contributed by atoms with Gasteiger partial charge in [0.1, 0.15) is 12.2 Å². The van der Waals surface area contributed by atoms with Crippen molar-refractivity contribution < 1.29 is 34.2 Å². The Balaban J connectivity index is 2.43. The SMILES string of the molecule is CCCCCC(=O)OO[C@H]1CN(CCCCCO)C[C@H]1OOC(=O)CCCCC. The summed E-state index contributed by atoms with van der Waals surface area (Å²) in [5.41, 5.74) is 0. The van der Waals surface area contributed by atoms with Gasteiger partial charge in [-0.1, -0.05) is 39.5 Å². The second kappa shape index (κ2) is 16.6. The van der Waals surface area contributed by atoms with E-state index >= 15 is 0 Å². The Hall–Kier alpha value is -1.22. The summed E-state index contributed by atoms with van der Waals surface area (Å²) in [4.78, 5) is 46.4. The van der Waals surface area contributed by atoms with Gasteiger partial charge in [0, 0.05) is 32.5 Å². The van der Waals surface area contributed by atoms with Crippen molar-refractivity contribution in [1.29, 1.82) is 0 Å². The van der Waals surface area contributed by atoms with Gasteiger partial charge in [0.25, 0.3) is 0 Å². The third kappa shape index (κ3) is 12.2. The van der Waals surface area contributed by atoms with Crippen molar-refractivity contribution in [2.75, 3.05) is 26.2 Å². The molecular formula is C21H39NO7.